The lowest BCUT2D eigenvalue weighted by atomic mass is 9.59. The third kappa shape index (κ3) is 9.02. The Labute approximate surface area is 300 Å². The van der Waals surface area contributed by atoms with Gasteiger partial charge < -0.3 is 19.1 Å². The molecule has 280 valence electrons. The lowest BCUT2D eigenvalue weighted by Crippen LogP contribution is -2.49. The Bertz CT molecular complexity index is 1680. The first-order valence-corrected chi connectivity index (χ1v) is 17.2. The summed E-state index contributed by atoms with van der Waals surface area (Å²) in [5.41, 5.74) is 1.05. The summed E-state index contributed by atoms with van der Waals surface area (Å²) in [5, 5.41) is 3.15. The van der Waals surface area contributed by atoms with Crippen LogP contribution in [0, 0.1) is 42.1 Å². The molecule has 1 N–H and O–H groups in total. The van der Waals surface area contributed by atoms with E-state index in [1.54, 1.807) is 7.11 Å². The summed E-state index contributed by atoms with van der Waals surface area (Å²) in [5.74, 6) is 0.752. The zero-order valence-electron chi connectivity index (χ0n) is 31.7. The van der Waals surface area contributed by atoms with Gasteiger partial charge in [-0.15, -0.1) is 0 Å². The number of amides is 1. The van der Waals surface area contributed by atoms with E-state index in [-0.39, 0.29) is 71.7 Å². The predicted octanol–water partition coefficient (Wildman–Crippen LogP) is 7.43. The van der Waals surface area contributed by atoms with Gasteiger partial charge in [0.15, 0.2) is 11.5 Å². The van der Waals surface area contributed by atoms with Gasteiger partial charge in [-0.1, -0.05) is 48.5 Å². The van der Waals surface area contributed by atoms with E-state index in [4.69, 9.17) is 35.5 Å². The van der Waals surface area contributed by atoms with Crippen LogP contribution >= 0.6 is 0 Å². The smallest absolute Gasteiger partial charge is 0.415 e. The Morgan fingerprint density at radius 1 is 1.00 bits per heavy atom. The normalized spacial score (nSPS) is 19.5. The third-order valence-electron chi connectivity index (χ3n) is 9.64. The molecule has 1 fully saturated rings. The molecule has 4 rings (SSSR count). The van der Waals surface area contributed by atoms with Crippen molar-refractivity contribution in [1.29, 1.82) is 0 Å². The third-order valence-corrected chi connectivity index (χ3v) is 9.64. The minimum Gasteiger partial charge on any atom is -0.496 e. The fraction of sp³-hybridized carbons (Fsp3) is 0.622. The monoisotopic (exact) mass is 711 g/mol. The van der Waals surface area contributed by atoms with Gasteiger partial charge in [0.1, 0.15) is 17.4 Å². The van der Waals surface area contributed by atoms with Gasteiger partial charge in [0, 0.05) is 17.4 Å². The van der Waals surface area contributed by atoms with Crippen molar-refractivity contribution in [3.8, 4) is 23.0 Å². The number of ether oxygens (including phenoxy) is 3. The fourth-order valence-corrected chi connectivity index (χ4v) is 6.97. The lowest BCUT2D eigenvalue weighted by Gasteiger charge is -2.50. The second-order valence-corrected chi connectivity index (χ2v) is 15.3. The molecule has 0 aliphatic heterocycles. The Morgan fingerprint density at radius 3 is 2.08 bits per heavy atom. The van der Waals surface area contributed by atoms with E-state index < -0.39 is 18.2 Å². The summed E-state index contributed by atoms with van der Waals surface area (Å²) >= 11 is 0. The second-order valence-electron chi connectivity index (χ2n) is 15.3. The van der Waals surface area contributed by atoms with Gasteiger partial charge in [0.05, 0.1) is 54.2 Å². The number of hydrogen-bond acceptors (Lipinski definition) is 10. The fourth-order valence-electron chi connectivity index (χ4n) is 6.97. The topological polar surface area (TPSA) is 139 Å². The quantitative estimate of drug-likeness (QED) is 0.0626. The van der Waals surface area contributed by atoms with Crippen molar-refractivity contribution < 1.29 is 43.3 Å². The number of H-pyrrole nitrogens is 1. The second kappa shape index (κ2) is 16.5. The number of aromatic amines is 1. The first-order chi connectivity index (χ1) is 24.0. The maximum atomic E-state index is 14.5. The average Bonchev–Trinajstić information content (AvgIpc) is 3.61. The van der Waals surface area contributed by atoms with Crippen LogP contribution in [0.25, 0.3) is 21.9 Å². The molecule has 0 bridgehead atoms. The molecule has 0 radical (unpaired) electrons. The molecule has 1 aromatic carbocycles. The number of carbonyl (C=O) groups excluding carboxylic acids is 2. The summed E-state index contributed by atoms with van der Waals surface area (Å²) in [6, 6.07) is 5.52. The van der Waals surface area contributed by atoms with E-state index in [2.05, 4.69) is 68.2 Å². The van der Waals surface area contributed by atoms with Crippen molar-refractivity contribution in [1.82, 2.24) is 19.5 Å². The zero-order valence-corrected chi connectivity index (χ0v) is 31.7. The van der Waals surface area contributed by atoms with E-state index >= 15 is 0 Å². The predicted molar refractivity (Wildman–Crippen MR) is 190 cm³/mol. The highest BCUT2D eigenvalue weighted by atomic mass is 17.2. The minimum absolute atomic E-state index is 0.0321. The van der Waals surface area contributed by atoms with Crippen LogP contribution in [-0.2, 0) is 24.3 Å². The Morgan fingerprint density at radius 2 is 1.59 bits per heavy atom. The summed E-state index contributed by atoms with van der Waals surface area (Å²) in [6.45, 7) is 25.6. The number of aromatic nitrogens is 3. The van der Waals surface area contributed by atoms with Gasteiger partial charge in [-0.25, -0.2) is 43.5 Å². The van der Waals surface area contributed by atoms with Crippen molar-refractivity contribution in [3.63, 3.8) is 0 Å². The van der Waals surface area contributed by atoms with Crippen LogP contribution in [0.15, 0.2) is 18.2 Å². The van der Waals surface area contributed by atoms with E-state index in [0.717, 1.165) is 18.4 Å². The minimum atomic E-state index is -0.822. The molecule has 0 saturated heterocycles. The average molecular weight is 712 g/mol. The van der Waals surface area contributed by atoms with E-state index in [1.807, 2.05) is 25.1 Å². The standard InChI is InChI=1S/C37H53N5O9/c1-22-19-25(36(3,4)5)30(26(20-22)37(6,7)8)50-34(43)28-29(38-9)33(51-35(44)41(15-17-48-46-11)16-18-49-47-12)42-32(28)39-31(40-42)24-13-14-27(45-10)23(2)21-24/h13-14,21-22,25-26,30H,15-20H2,1-8,10-12H3,(H,39,40). The molecule has 2 heterocycles. The van der Waals surface area contributed by atoms with E-state index in [9.17, 15) is 9.59 Å². The van der Waals surface area contributed by atoms with Gasteiger partial charge in [-0.2, -0.15) is 0 Å². The molecule has 1 amide bonds. The highest BCUT2D eigenvalue weighted by Crippen LogP contribution is 2.50. The van der Waals surface area contributed by atoms with Gasteiger partial charge >= 0.3 is 12.1 Å². The summed E-state index contributed by atoms with van der Waals surface area (Å²) < 4.78 is 19.2. The highest BCUT2D eigenvalue weighted by Gasteiger charge is 2.48. The molecular weight excluding hydrogens is 658 g/mol. The summed E-state index contributed by atoms with van der Waals surface area (Å²) in [7, 11) is 4.31. The van der Waals surface area contributed by atoms with E-state index in [1.165, 1.54) is 23.6 Å². The summed E-state index contributed by atoms with van der Waals surface area (Å²) in [4.78, 5) is 57.3. The summed E-state index contributed by atoms with van der Waals surface area (Å²) in [6.07, 6.45) is 0.553. The van der Waals surface area contributed by atoms with Crippen molar-refractivity contribution in [2.24, 2.45) is 28.6 Å². The lowest BCUT2D eigenvalue weighted by molar-refractivity contribution is -0.278. The van der Waals surface area contributed by atoms with Crippen molar-refractivity contribution in [2.45, 2.75) is 74.3 Å². The molecule has 2 atom stereocenters. The number of aryl methyl sites for hydroxylation is 1. The first-order valence-electron chi connectivity index (χ1n) is 17.2. The molecule has 1 saturated carbocycles. The number of nitrogens with one attached hydrogen (secondary N) is 1. The Hall–Kier alpha value is -4.16. The van der Waals surface area contributed by atoms with Crippen molar-refractivity contribution in [2.75, 3.05) is 47.6 Å². The number of benzene rings is 1. The number of hydrogen-bond donors (Lipinski definition) is 1. The van der Waals surface area contributed by atoms with Gasteiger partial charge in [-0.3, -0.25) is 5.10 Å². The number of carbonyl (C=O) groups is 2. The van der Waals surface area contributed by atoms with Crippen LogP contribution in [0.1, 0.15) is 77.2 Å². The van der Waals surface area contributed by atoms with Crippen LogP contribution in [0.4, 0.5) is 10.5 Å². The molecule has 3 aromatic rings. The largest absolute Gasteiger partial charge is 0.496 e. The van der Waals surface area contributed by atoms with Crippen LogP contribution in [-0.4, -0.2) is 85.3 Å². The van der Waals surface area contributed by atoms with Gasteiger partial charge in [0.2, 0.25) is 5.88 Å². The first kappa shape index (κ1) is 39.6. The number of methoxy groups -OCH3 is 1. The molecule has 1 aliphatic carbocycles. The maximum absolute atomic E-state index is 14.5. The number of fused-ring (bicyclic) bond motifs is 1. The van der Waals surface area contributed by atoms with Gasteiger partial charge in [-0.05, 0) is 60.3 Å². The van der Waals surface area contributed by atoms with E-state index in [0.29, 0.717) is 23.1 Å². The molecule has 51 heavy (non-hydrogen) atoms. The molecule has 2 aromatic heterocycles. The Balaban J connectivity index is 1.85. The number of esters is 1. The SMILES string of the molecule is [C-]#[N+]c1c(C(=O)OC2C(C(C)(C)C)CC(C)CC2C(C)(C)C)c2nc(-c3ccc(OC)c(C)c3)[nH]n2c1OC(=O)N(CCOOC)CCOOC. The van der Waals surface area contributed by atoms with Gasteiger partial charge in [0.25, 0.3) is 5.69 Å². The van der Waals surface area contributed by atoms with Crippen molar-refractivity contribution in [3.05, 3.63) is 40.7 Å². The number of nitrogens with zero attached hydrogens (tertiary/aromatic N) is 4. The molecule has 14 heteroatoms. The Kier molecular flexibility index (Phi) is 12.8. The molecule has 2 unspecified atom stereocenters. The molecule has 1 aliphatic rings. The van der Waals surface area contributed by atoms with Crippen LogP contribution in [0.2, 0.25) is 0 Å². The molecular formula is C37H53N5O9. The van der Waals surface area contributed by atoms with Crippen LogP contribution < -0.4 is 9.47 Å². The van der Waals surface area contributed by atoms with Crippen molar-refractivity contribution >= 4 is 23.4 Å². The molecule has 0 spiro atoms. The number of rotatable bonds is 13. The van der Waals surface area contributed by atoms with Crippen LogP contribution in [0.3, 0.4) is 0 Å². The highest BCUT2D eigenvalue weighted by molar-refractivity contribution is 6.05. The molecule has 14 nitrogen and oxygen atoms in total. The zero-order chi connectivity index (χ0) is 37.7. The van der Waals surface area contributed by atoms with Crippen LogP contribution in [0.5, 0.6) is 11.6 Å². The maximum Gasteiger partial charge on any atom is 0.415 e.